The molecule has 2 heterocycles. The van der Waals surface area contributed by atoms with Gasteiger partial charge < -0.3 is 19.5 Å². The first kappa shape index (κ1) is 18.6. The lowest BCUT2D eigenvalue weighted by atomic mass is 10.0. The van der Waals surface area contributed by atoms with Crippen molar-refractivity contribution >= 4 is 17.4 Å². The second-order valence-electron chi connectivity index (χ2n) is 7.45. The summed E-state index contributed by atoms with van der Waals surface area (Å²) in [4.78, 5) is 12.7. The summed E-state index contributed by atoms with van der Waals surface area (Å²) < 4.78 is 16.4. The van der Waals surface area contributed by atoms with Gasteiger partial charge in [-0.1, -0.05) is 17.7 Å². The third-order valence-corrected chi connectivity index (χ3v) is 5.76. The summed E-state index contributed by atoms with van der Waals surface area (Å²) in [6, 6.07) is 0.289. The predicted molar refractivity (Wildman–Crippen MR) is 98.9 cm³/mol. The van der Waals surface area contributed by atoms with Gasteiger partial charge in [0.15, 0.2) is 17.7 Å². The molecule has 0 radical (unpaired) electrons. The maximum Gasteiger partial charge on any atom is 0.296 e. The van der Waals surface area contributed by atoms with Gasteiger partial charge in [0, 0.05) is 25.1 Å². The number of nitrogens with one attached hydrogen (secondary N) is 2. The number of carbonyl (C=O) groups excluding carboxylic acids is 1. The highest BCUT2D eigenvalue weighted by atomic mass is 35.5. The molecule has 1 spiro atoms. The maximum atomic E-state index is 12.7. The smallest absolute Gasteiger partial charge is 0.296 e. The maximum absolute atomic E-state index is 12.7. The Kier molecular flexibility index (Phi) is 4.80. The minimum atomic E-state index is -0.613. The SMILES string of the molecule is COCCOC1=C(Cl)C23NC(C4=COC(NC(C)C)[NH2+]4)=CC(=O)C2C3C=C1. The van der Waals surface area contributed by atoms with E-state index >= 15 is 0 Å². The van der Waals surface area contributed by atoms with Gasteiger partial charge in [0.25, 0.3) is 6.35 Å². The largest absolute Gasteiger partial charge is 0.490 e. The van der Waals surface area contributed by atoms with E-state index in [-0.39, 0.29) is 30.0 Å². The van der Waals surface area contributed by atoms with Gasteiger partial charge in [-0.2, -0.15) is 0 Å². The van der Waals surface area contributed by atoms with Crippen molar-refractivity contribution < 1.29 is 24.3 Å². The number of carbonyl (C=O) groups is 1. The Morgan fingerprint density at radius 3 is 3.00 bits per heavy atom. The third-order valence-electron chi connectivity index (χ3n) is 5.26. The molecule has 0 aromatic rings. The summed E-state index contributed by atoms with van der Waals surface area (Å²) in [5.74, 6) is 0.507. The summed E-state index contributed by atoms with van der Waals surface area (Å²) in [6.07, 6.45) is 6.99. The Morgan fingerprint density at radius 2 is 2.26 bits per heavy atom. The van der Waals surface area contributed by atoms with E-state index < -0.39 is 5.54 Å². The van der Waals surface area contributed by atoms with Crippen LogP contribution in [0.1, 0.15) is 13.8 Å². The lowest BCUT2D eigenvalue weighted by Gasteiger charge is -2.27. The van der Waals surface area contributed by atoms with Crippen LogP contribution in [0.3, 0.4) is 0 Å². The summed E-state index contributed by atoms with van der Waals surface area (Å²) in [5.41, 5.74) is 0.968. The van der Waals surface area contributed by atoms with Gasteiger partial charge in [-0.05, 0) is 19.9 Å². The second kappa shape index (κ2) is 6.98. The fourth-order valence-electron chi connectivity index (χ4n) is 4.00. The van der Waals surface area contributed by atoms with Crippen LogP contribution in [0.25, 0.3) is 0 Å². The average molecular weight is 395 g/mol. The molecule has 0 aromatic carbocycles. The Morgan fingerprint density at radius 1 is 1.44 bits per heavy atom. The molecule has 4 aliphatic rings. The molecule has 2 aliphatic carbocycles. The number of allylic oxidation sites excluding steroid dienone is 2. The fraction of sp³-hybridized carbons (Fsp3) is 0.526. The number of hydrogen-bond acceptors (Lipinski definition) is 6. The van der Waals surface area contributed by atoms with Crippen LogP contribution in [0.4, 0.5) is 0 Å². The Hall–Kier alpha value is -1.80. The molecule has 4 atom stereocenters. The predicted octanol–water partition coefficient (Wildman–Crippen LogP) is 0.427. The lowest BCUT2D eigenvalue weighted by molar-refractivity contribution is -0.668. The number of fused-ring (bicyclic) bond motifs is 1. The van der Waals surface area contributed by atoms with Crippen molar-refractivity contribution in [2.45, 2.75) is 31.8 Å². The zero-order valence-electron chi connectivity index (χ0n) is 15.6. The monoisotopic (exact) mass is 394 g/mol. The molecule has 1 saturated carbocycles. The molecule has 27 heavy (non-hydrogen) atoms. The summed E-state index contributed by atoms with van der Waals surface area (Å²) in [5, 5.41) is 9.31. The summed E-state index contributed by atoms with van der Waals surface area (Å²) in [7, 11) is 1.62. The molecule has 4 rings (SSSR count). The van der Waals surface area contributed by atoms with Crippen LogP contribution in [0.2, 0.25) is 0 Å². The summed E-state index contributed by atoms with van der Waals surface area (Å²) in [6.45, 7) is 4.99. The van der Waals surface area contributed by atoms with Gasteiger partial charge in [-0.3, -0.25) is 10.1 Å². The van der Waals surface area contributed by atoms with Crippen LogP contribution in [0.5, 0.6) is 0 Å². The molecule has 8 heteroatoms. The van der Waals surface area contributed by atoms with E-state index in [9.17, 15) is 4.79 Å². The van der Waals surface area contributed by atoms with E-state index in [0.717, 1.165) is 11.4 Å². The van der Waals surface area contributed by atoms with Crippen LogP contribution in [0.15, 0.2) is 46.7 Å². The van der Waals surface area contributed by atoms with Crippen molar-refractivity contribution in [1.82, 2.24) is 10.6 Å². The first-order valence-electron chi connectivity index (χ1n) is 9.18. The first-order chi connectivity index (χ1) is 13.0. The van der Waals surface area contributed by atoms with Gasteiger partial charge in [0.2, 0.25) is 0 Å². The van der Waals surface area contributed by atoms with Gasteiger partial charge in [0.1, 0.15) is 18.1 Å². The van der Waals surface area contributed by atoms with E-state index in [2.05, 4.69) is 24.5 Å². The molecular weight excluding hydrogens is 370 g/mol. The minimum Gasteiger partial charge on any atom is -0.490 e. The molecule has 0 bridgehead atoms. The highest BCUT2D eigenvalue weighted by Gasteiger charge is 2.72. The van der Waals surface area contributed by atoms with E-state index in [1.807, 2.05) is 17.5 Å². The number of ketones is 1. The van der Waals surface area contributed by atoms with Crippen LogP contribution < -0.4 is 16.0 Å². The molecule has 0 aromatic heterocycles. The summed E-state index contributed by atoms with van der Waals surface area (Å²) >= 11 is 6.70. The molecular formula is C19H25ClN3O4+. The van der Waals surface area contributed by atoms with Crippen molar-refractivity contribution in [2.24, 2.45) is 11.8 Å². The van der Waals surface area contributed by atoms with Crippen molar-refractivity contribution in [2.75, 3.05) is 20.3 Å². The van der Waals surface area contributed by atoms with Crippen molar-refractivity contribution in [1.29, 1.82) is 0 Å². The van der Waals surface area contributed by atoms with Crippen LogP contribution in [-0.2, 0) is 19.0 Å². The zero-order chi connectivity index (χ0) is 19.2. The van der Waals surface area contributed by atoms with Crippen LogP contribution >= 0.6 is 11.6 Å². The Labute approximate surface area is 163 Å². The first-order valence-corrected chi connectivity index (χ1v) is 9.56. The molecule has 7 nitrogen and oxygen atoms in total. The third kappa shape index (κ3) is 3.08. The van der Waals surface area contributed by atoms with Gasteiger partial charge in [0.05, 0.1) is 23.1 Å². The van der Waals surface area contributed by atoms with Gasteiger partial charge in [-0.15, -0.1) is 0 Å². The van der Waals surface area contributed by atoms with E-state index in [1.165, 1.54) is 0 Å². The second-order valence-corrected chi connectivity index (χ2v) is 7.83. The molecule has 1 fully saturated rings. The average Bonchev–Trinajstić information content (AvgIpc) is 3.09. The van der Waals surface area contributed by atoms with Crippen LogP contribution in [-0.4, -0.2) is 44.0 Å². The number of nitrogens with two attached hydrogens (primary N) is 1. The van der Waals surface area contributed by atoms with E-state index in [0.29, 0.717) is 24.0 Å². The lowest BCUT2D eigenvalue weighted by Crippen LogP contribution is -2.90. The molecule has 0 amide bonds. The van der Waals surface area contributed by atoms with Gasteiger partial charge in [-0.25, -0.2) is 5.32 Å². The number of ether oxygens (including phenoxy) is 3. The highest BCUT2D eigenvalue weighted by molar-refractivity contribution is 6.32. The van der Waals surface area contributed by atoms with Crippen molar-refractivity contribution in [3.63, 3.8) is 0 Å². The minimum absolute atomic E-state index is 0.0357. The topological polar surface area (TPSA) is 85.4 Å². The standard InChI is InChI=1S/C19H24ClN3O4/c1-10(2)21-18-22-13(9-27-18)12-8-14(24)16-11-4-5-15(26-7-6-25-3)17(20)19(11,16)23-12/h4-5,8-11,16,18,21-23H,6-7H2,1-3H3/p+1. The Balaban J connectivity index is 1.52. The number of quaternary nitrogens is 1. The number of halogens is 1. The normalized spacial score (nSPS) is 33.8. The highest BCUT2D eigenvalue weighted by Crippen LogP contribution is 2.62. The fourth-order valence-corrected chi connectivity index (χ4v) is 4.40. The van der Waals surface area contributed by atoms with Crippen LogP contribution in [0, 0.1) is 11.8 Å². The number of hydrogen-bond donors (Lipinski definition) is 3. The molecule has 4 unspecified atom stereocenters. The number of methoxy groups -OCH3 is 1. The Bertz CT molecular complexity index is 773. The van der Waals surface area contributed by atoms with Crippen molar-refractivity contribution in [3.05, 3.63) is 46.7 Å². The van der Waals surface area contributed by atoms with E-state index in [1.54, 1.807) is 19.4 Å². The molecule has 0 saturated heterocycles. The van der Waals surface area contributed by atoms with E-state index in [4.69, 9.17) is 25.8 Å². The quantitative estimate of drug-likeness (QED) is 0.543. The number of rotatable bonds is 7. The zero-order valence-corrected chi connectivity index (χ0v) is 16.4. The molecule has 2 aliphatic heterocycles. The molecule has 4 N–H and O–H groups in total. The van der Waals surface area contributed by atoms with Crippen molar-refractivity contribution in [3.8, 4) is 0 Å². The molecule has 146 valence electrons. The van der Waals surface area contributed by atoms with Gasteiger partial charge >= 0.3 is 0 Å².